The summed E-state index contributed by atoms with van der Waals surface area (Å²) >= 11 is 0. The van der Waals surface area contributed by atoms with E-state index in [4.69, 9.17) is 9.15 Å². The van der Waals surface area contributed by atoms with Crippen molar-refractivity contribution in [2.75, 3.05) is 0 Å². The van der Waals surface area contributed by atoms with Gasteiger partial charge in [-0.3, -0.25) is 0 Å². The van der Waals surface area contributed by atoms with Crippen LogP contribution in [-0.4, -0.2) is 20.6 Å². The Hall–Kier alpha value is -3.25. The van der Waals surface area contributed by atoms with Gasteiger partial charge in [0.15, 0.2) is 0 Å². The van der Waals surface area contributed by atoms with Crippen molar-refractivity contribution in [3.63, 3.8) is 0 Å². The number of hydrogen-bond acceptors (Lipinski definition) is 5. The van der Waals surface area contributed by atoms with Gasteiger partial charge >= 0.3 is 5.63 Å². The van der Waals surface area contributed by atoms with Crippen LogP contribution < -0.4 is 5.63 Å². The van der Waals surface area contributed by atoms with E-state index in [0.717, 1.165) is 11.8 Å². The lowest BCUT2D eigenvalue weighted by Crippen LogP contribution is -2.22. The summed E-state index contributed by atoms with van der Waals surface area (Å²) in [4.78, 5) is 11.7. The zero-order valence-corrected chi connectivity index (χ0v) is 31.9. The Morgan fingerprint density at radius 1 is 0.739 bits per heavy atom. The van der Waals surface area contributed by atoms with Gasteiger partial charge in [0.1, 0.15) is 5.58 Å². The molecule has 0 fully saturated rings. The summed E-state index contributed by atoms with van der Waals surface area (Å²) in [6.45, 7) is 35.2. The largest absolute Gasteiger partial charge is 0.422 e. The smallest absolute Gasteiger partial charge is 0.341 e. The third-order valence-corrected chi connectivity index (χ3v) is 5.06. The molecule has 4 aromatic rings. The number of benzene rings is 2. The van der Waals surface area contributed by atoms with Crippen LogP contribution in [0, 0.1) is 5.41 Å². The van der Waals surface area contributed by atoms with Gasteiger partial charge in [0.2, 0.25) is 0 Å². The first-order chi connectivity index (χ1) is 21.1. The molecule has 2 heterocycles. The molecular weight excluding hydrogens is 570 g/mol. The van der Waals surface area contributed by atoms with Gasteiger partial charge < -0.3 is 9.15 Å². The second-order valence-electron chi connectivity index (χ2n) is 12.2. The van der Waals surface area contributed by atoms with Crippen LogP contribution >= 0.6 is 0 Å². The van der Waals surface area contributed by atoms with E-state index in [2.05, 4.69) is 82.2 Å². The molecule has 0 saturated carbocycles. The average Bonchev–Trinajstić information content (AvgIpc) is 3.57. The third-order valence-electron chi connectivity index (χ3n) is 5.06. The van der Waals surface area contributed by atoms with E-state index >= 15 is 0 Å². The van der Waals surface area contributed by atoms with Crippen molar-refractivity contribution in [1.82, 2.24) is 15.0 Å². The molecule has 0 unspecified atom stereocenters. The molecule has 46 heavy (non-hydrogen) atoms. The van der Waals surface area contributed by atoms with E-state index in [0.29, 0.717) is 16.6 Å². The predicted octanol–water partition coefficient (Wildman–Crippen LogP) is 12.2. The van der Waals surface area contributed by atoms with Crippen molar-refractivity contribution in [1.29, 1.82) is 0 Å². The van der Waals surface area contributed by atoms with Crippen LogP contribution in [0.5, 0.6) is 0 Å². The zero-order chi connectivity index (χ0) is 35.7. The van der Waals surface area contributed by atoms with Gasteiger partial charge in [0.05, 0.1) is 29.5 Å². The van der Waals surface area contributed by atoms with E-state index < -0.39 is 0 Å². The maximum absolute atomic E-state index is 11.7. The van der Waals surface area contributed by atoms with Crippen molar-refractivity contribution < 1.29 is 9.15 Å². The number of nitrogens with zero attached hydrogens (tertiary/aromatic N) is 3. The highest BCUT2D eigenvalue weighted by Crippen LogP contribution is 2.20. The van der Waals surface area contributed by atoms with Gasteiger partial charge in [-0.15, -0.1) is 5.10 Å². The van der Waals surface area contributed by atoms with Gasteiger partial charge in [-0.05, 0) is 71.1 Å². The van der Waals surface area contributed by atoms with Crippen molar-refractivity contribution in [2.24, 2.45) is 5.41 Å². The molecular formula is C40H71N3O3. The minimum absolute atomic E-state index is 0. The Labute approximate surface area is 284 Å². The Bertz CT molecular complexity index is 1260. The SMILES string of the molecule is C.CC.CC.CC.CC.CC(C)(C)Cc1ccccc1.CC(C)(C)OCc1cc2ccccc2oc1=O.CC(C)(C)n1ccnn1. The first kappa shape index (κ1) is 49.6. The topological polar surface area (TPSA) is 70.2 Å². The monoisotopic (exact) mass is 642 g/mol. The van der Waals surface area contributed by atoms with E-state index in [9.17, 15) is 4.79 Å². The molecule has 2 aromatic heterocycles. The Morgan fingerprint density at radius 2 is 1.24 bits per heavy atom. The normalized spacial score (nSPS) is 10.0. The number of fused-ring (bicyclic) bond motifs is 1. The Kier molecular flexibility index (Phi) is 29.0. The summed E-state index contributed by atoms with van der Waals surface area (Å²) in [5, 5.41) is 8.47. The molecule has 6 heteroatoms. The molecule has 2 aromatic carbocycles. The average molecular weight is 642 g/mol. The number of para-hydroxylation sites is 1. The summed E-state index contributed by atoms with van der Waals surface area (Å²) in [7, 11) is 0. The fraction of sp³-hybridized carbons (Fsp3) is 0.575. The summed E-state index contributed by atoms with van der Waals surface area (Å²) in [5.41, 5.74) is 2.47. The van der Waals surface area contributed by atoms with Gasteiger partial charge in [0.25, 0.3) is 0 Å². The lowest BCUT2D eigenvalue weighted by atomic mass is 9.88. The summed E-state index contributed by atoms with van der Waals surface area (Å²) < 4.78 is 12.6. The molecule has 0 N–H and O–H groups in total. The Balaban J connectivity index is -0.000000267. The van der Waals surface area contributed by atoms with E-state index in [1.807, 2.05) is 111 Å². The van der Waals surface area contributed by atoms with Crippen LogP contribution in [0.15, 0.2) is 82.3 Å². The second kappa shape index (κ2) is 26.9. The lowest BCUT2D eigenvalue weighted by molar-refractivity contribution is -0.0159. The minimum Gasteiger partial charge on any atom is -0.422 e. The Morgan fingerprint density at radius 3 is 1.65 bits per heavy atom. The van der Waals surface area contributed by atoms with Crippen LogP contribution in [0.4, 0.5) is 0 Å². The van der Waals surface area contributed by atoms with Gasteiger partial charge in [0, 0.05) is 11.6 Å². The first-order valence-electron chi connectivity index (χ1n) is 16.7. The van der Waals surface area contributed by atoms with Crippen molar-refractivity contribution in [3.8, 4) is 0 Å². The lowest BCUT2D eigenvalue weighted by Gasteiger charge is -2.19. The van der Waals surface area contributed by atoms with Gasteiger partial charge in [-0.25, -0.2) is 9.48 Å². The van der Waals surface area contributed by atoms with Crippen LogP contribution in [0.25, 0.3) is 11.0 Å². The quantitative estimate of drug-likeness (QED) is 0.208. The highest BCUT2D eigenvalue weighted by Gasteiger charge is 2.13. The molecule has 0 amide bonds. The highest BCUT2D eigenvalue weighted by atomic mass is 16.5. The highest BCUT2D eigenvalue weighted by molar-refractivity contribution is 5.76. The van der Waals surface area contributed by atoms with Crippen molar-refractivity contribution in [2.45, 2.75) is 149 Å². The molecule has 0 aliphatic rings. The van der Waals surface area contributed by atoms with E-state index in [1.165, 1.54) is 5.56 Å². The molecule has 0 spiro atoms. The standard InChI is InChI=1S/C14H16O3.C11H16.C6H11N3.4C2H6.CH4/c1-14(2,3)16-9-11-8-10-6-4-5-7-12(10)17-13(11)15;1-11(2,3)9-10-7-5-4-6-8-10;1-6(2,3)9-5-4-7-8-9;4*1-2;/h4-8H,9H2,1-3H3;4-8H,9H2,1-3H3;4-5H,1-3H3;4*1-2H3;1H4. The second-order valence-corrected chi connectivity index (χ2v) is 12.2. The van der Waals surface area contributed by atoms with Crippen LogP contribution in [0.2, 0.25) is 0 Å². The van der Waals surface area contributed by atoms with Crippen molar-refractivity contribution >= 4 is 11.0 Å². The van der Waals surface area contributed by atoms with Crippen LogP contribution in [0.3, 0.4) is 0 Å². The number of aromatic nitrogens is 3. The third kappa shape index (κ3) is 24.0. The molecule has 0 bridgehead atoms. The summed E-state index contributed by atoms with van der Waals surface area (Å²) in [5.74, 6) is 0. The maximum atomic E-state index is 11.7. The molecule has 6 nitrogen and oxygen atoms in total. The number of ether oxygens (including phenoxy) is 1. The molecule has 0 saturated heterocycles. The van der Waals surface area contributed by atoms with Gasteiger partial charge in [-0.2, -0.15) is 0 Å². The summed E-state index contributed by atoms with van der Waals surface area (Å²) in [6.07, 6.45) is 4.71. The van der Waals surface area contributed by atoms with E-state index in [1.54, 1.807) is 12.3 Å². The summed E-state index contributed by atoms with van der Waals surface area (Å²) in [6, 6.07) is 19.9. The zero-order valence-electron chi connectivity index (χ0n) is 31.9. The van der Waals surface area contributed by atoms with Gasteiger partial charge in [-0.1, -0.05) is 137 Å². The van der Waals surface area contributed by atoms with Crippen LogP contribution in [0.1, 0.15) is 136 Å². The minimum atomic E-state index is -0.326. The molecule has 0 aliphatic heterocycles. The predicted molar refractivity (Wildman–Crippen MR) is 204 cm³/mol. The number of hydrogen-bond donors (Lipinski definition) is 0. The molecule has 0 atom stereocenters. The molecule has 0 aliphatic carbocycles. The molecule has 264 valence electrons. The fourth-order valence-corrected chi connectivity index (χ4v) is 3.27. The molecule has 4 rings (SSSR count). The number of rotatable bonds is 3. The fourth-order valence-electron chi connectivity index (χ4n) is 3.27. The van der Waals surface area contributed by atoms with Crippen molar-refractivity contribution in [3.05, 3.63) is 94.6 Å². The maximum Gasteiger partial charge on any atom is 0.341 e. The molecule has 0 radical (unpaired) electrons. The van der Waals surface area contributed by atoms with E-state index in [-0.39, 0.29) is 30.8 Å². The van der Waals surface area contributed by atoms with Crippen LogP contribution in [-0.2, 0) is 23.3 Å². The first-order valence-corrected chi connectivity index (χ1v) is 16.7.